The molecule has 0 aliphatic heterocycles. The molecule has 0 saturated heterocycles. The van der Waals surface area contributed by atoms with Crippen molar-refractivity contribution in [2.75, 3.05) is 10.7 Å². The largest absolute Gasteiger partial charge is 0.307 e. The lowest BCUT2D eigenvalue weighted by Gasteiger charge is -2.07. The molecule has 0 spiro atoms. The van der Waals surface area contributed by atoms with Gasteiger partial charge in [0.2, 0.25) is 0 Å². The van der Waals surface area contributed by atoms with E-state index in [-0.39, 0.29) is 11.6 Å². The predicted molar refractivity (Wildman–Crippen MR) is 74.5 cm³/mol. The average molecular weight is 323 g/mol. The van der Waals surface area contributed by atoms with Crippen LogP contribution in [-0.4, -0.2) is 20.9 Å². The number of rotatable bonds is 3. The number of nitrogens with two attached hydrogens (primary N) is 1. The Morgan fingerprint density at radius 2 is 2.05 bits per heavy atom. The van der Waals surface area contributed by atoms with E-state index in [4.69, 9.17) is 5.84 Å². The Labute approximate surface area is 117 Å². The summed E-state index contributed by atoms with van der Waals surface area (Å²) < 4.78 is 0.848. The molecule has 0 saturated carbocycles. The van der Waals surface area contributed by atoms with Crippen molar-refractivity contribution in [1.82, 2.24) is 15.0 Å². The van der Waals surface area contributed by atoms with Crippen molar-refractivity contribution in [2.24, 2.45) is 5.84 Å². The molecule has 0 unspecified atom stereocenters. The van der Waals surface area contributed by atoms with Gasteiger partial charge >= 0.3 is 0 Å². The second kappa shape index (κ2) is 5.72. The zero-order valence-electron chi connectivity index (χ0n) is 10.0. The van der Waals surface area contributed by atoms with Gasteiger partial charge in [-0.05, 0) is 34.5 Å². The number of nitrogens with zero attached hydrogens (tertiary/aromatic N) is 3. The number of nitrogen functional groups attached to an aromatic ring is 1. The Balaban J connectivity index is 2.15. The fourth-order valence-electron chi connectivity index (χ4n) is 1.36. The van der Waals surface area contributed by atoms with Crippen molar-refractivity contribution >= 4 is 33.5 Å². The van der Waals surface area contributed by atoms with Crippen LogP contribution in [-0.2, 0) is 0 Å². The third kappa shape index (κ3) is 3.24. The van der Waals surface area contributed by atoms with Crippen LogP contribution in [0.15, 0.2) is 29.1 Å². The summed E-state index contributed by atoms with van der Waals surface area (Å²) in [5.41, 5.74) is 3.36. The molecule has 2 rings (SSSR count). The zero-order chi connectivity index (χ0) is 13.8. The minimum atomic E-state index is -0.381. The van der Waals surface area contributed by atoms with Crippen LogP contribution in [0.4, 0.5) is 11.6 Å². The van der Waals surface area contributed by atoms with Crippen LogP contribution < -0.4 is 16.6 Å². The van der Waals surface area contributed by atoms with Crippen LogP contribution in [0.1, 0.15) is 16.1 Å². The number of carbonyl (C=O) groups excluding carboxylic acids is 1. The third-order valence-electron chi connectivity index (χ3n) is 2.31. The second-order valence-electron chi connectivity index (χ2n) is 3.70. The molecule has 0 fully saturated rings. The molecular weight excluding hydrogens is 312 g/mol. The van der Waals surface area contributed by atoms with Crippen molar-refractivity contribution in [3.8, 4) is 0 Å². The summed E-state index contributed by atoms with van der Waals surface area (Å²) in [6, 6.07) is 1.86. The highest BCUT2D eigenvalue weighted by molar-refractivity contribution is 9.10. The van der Waals surface area contributed by atoms with Gasteiger partial charge in [-0.2, -0.15) is 0 Å². The highest BCUT2D eigenvalue weighted by Crippen LogP contribution is 2.17. The lowest BCUT2D eigenvalue weighted by atomic mass is 10.3. The lowest BCUT2D eigenvalue weighted by molar-refractivity contribution is 0.102. The zero-order valence-corrected chi connectivity index (χ0v) is 11.6. The van der Waals surface area contributed by atoms with Crippen molar-refractivity contribution < 1.29 is 4.79 Å². The van der Waals surface area contributed by atoms with Gasteiger partial charge < -0.3 is 10.7 Å². The van der Waals surface area contributed by atoms with Gasteiger partial charge in [0.05, 0.1) is 12.4 Å². The normalized spacial score (nSPS) is 10.1. The number of aromatic nitrogens is 3. The topological polar surface area (TPSA) is 106 Å². The lowest BCUT2D eigenvalue weighted by Crippen LogP contribution is -2.17. The molecule has 0 aliphatic carbocycles. The highest BCUT2D eigenvalue weighted by atomic mass is 79.9. The standard InChI is InChI=1S/C11H11BrN6O/c1-6-2-7(12)3-16-10(6)17-11(19)8-4-15-9(18-13)5-14-8/h2-5H,13H2,1H3,(H,15,18)(H,16,17,19). The minimum absolute atomic E-state index is 0.183. The summed E-state index contributed by atoms with van der Waals surface area (Å²) in [6.07, 6.45) is 4.31. The maximum atomic E-state index is 11.9. The Morgan fingerprint density at radius 1 is 1.26 bits per heavy atom. The molecule has 2 aromatic rings. The van der Waals surface area contributed by atoms with E-state index >= 15 is 0 Å². The Hall–Kier alpha value is -2.06. The van der Waals surface area contributed by atoms with E-state index in [0.717, 1.165) is 10.0 Å². The first kappa shape index (κ1) is 13.4. The van der Waals surface area contributed by atoms with E-state index < -0.39 is 0 Å². The number of carbonyl (C=O) groups is 1. The Kier molecular flexibility index (Phi) is 4.03. The first-order chi connectivity index (χ1) is 9.10. The number of anilines is 2. The highest BCUT2D eigenvalue weighted by Gasteiger charge is 2.10. The number of amides is 1. The van der Waals surface area contributed by atoms with Gasteiger partial charge in [0.15, 0.2) is 5.82 Å². The number of hydrogen-bond donors (Lipinski definition) is 3. The molecule has 2 heterocycles. The maximum Gasteiger partial charge on any atom is 0.277 e. The first-order valence-electron chi connectivity index (χ1n) is 5.32. The summed E-state index contributed by atoms with van der Waals surface area (Å²) in [6.45, 7) is 1.85. The number of halogens is 1. The van der Waals surface area contributed by atoms with E-state index in [1.54, 1.807) is 6.20 Å². The van der Waals surface area contributed by atoms with Gasteiger partial charge in [-0.25, -0.2) is 20.8 Å². The predicted octanol–water partition coefficient (Wildman–Crippen LogP) is 1.48. The SMILES string of the molecule is Cc1cc(Br)cnc1NC(=O)c1cnc(NN)cn1. The van der Waals surface area contributed by atoms with Crippen molar-refractivity contribution in [3.63, 3.8) is 0 Å². The van der Waals surface area contributed by atoms with Crippen LogP contribution in [0, 0.1) is 6.92 Å². The first-order valence-corrected chi connectivity index (χ1v) is 6.11. The summed E-state index contributed by atoms with van der Waals surface area (Å²) in [4.78, 5) is 23.9. The number of hydrazine groups is 1. The molecule has 8 heteroatoms. The number of nitrogens with one attached hydrogen (secondary N) is 2. The van der Waals surface area contributed by atoms with Crippen LogP contribution in [0.25, 0.3) is 0 Å². The second-order valence-corrected chi connectivity index (χ2v) is 4.62. The van der Waals surface area contributed by atoms with Crippen LogP contribution in [0.5, 0.6) is 0 Å². The third-order valence-corrected chi connectivity index (χ3v) is 2.74. The number of pyridine rings is 1. The Bertz CT molecular complexity index is 601. The van der Waals surface area contributed by atoms with Gasteiger partial charge in [-0.15, -0.1) is 0 Å². The molecule has 0 aromatic carbocycles. The van der Waals surface area contributed by atoms with Gasteiger partial charge in [0, 0.05) is 10.7 Å². The van der Waals surface area contributed by atoms with Gasteiger partial charge in [-0.3, -0.25) is 4.79 Å². The van der Waals surface area contributed by atoms with Crippen LogP contribution in [0.3, 0.4) is 0 Å². The molecule has 1 amide bonds. The van der Waals surface area contributed by atoms with Crippen LogP contribution in [0.2, 0.25) is 0 Å². The maximum absolute atomic E-state index is 11.9. The van der Waals surface area contributed by atoms with E-state index in [9.17, 15) is 4.79 Å². The molecular formula is C11H11BrN6O. The minimum Gasteiger partial charge on any atom is -0.307 e. The fourth-order valence-corrected chi connectivity index (χ4v) is 1.81. The molecule has 0 atom stereocenters. The monoisotopic (exact) mass is 322 g/mol. The summed E-state index contributed by atoms with van der Waals surface area (Å²) >= 11 is 3.31. The van der Waals surface area contributed by atoms with E-state index in [2.05, 4.69) is 41.6 Å². The Morgan fingerprint density at radius 3 is 2.63 bits per heavy atom. The quantitative estimate of drug-likeness (QED) is 0.583. The smallest absolute Gasteiger partial charge is 0.277 e. The molecule has 2 aromatic heterocycles. The molecule has 0 radical (unpaired) electrons. The number of hydrogen-bond acceptors (Lipinski definition) is 6. The fraction of sp³-hybridized carbons (Fsp3) is 0.0909. The molecule has 98 valence electrons. The summed E-state index contributed by atoms with van der Waals surface area (Å²) in [5, 5.41) is 2.67. The van der Waals surface area contributed by atoms with Crippen LogP contribution >= 0.6 is 15.9 Å². The molecule has 0 bridgehead atoms. The molecule has 4 N–H and O–H groups in total. The van der Waals surface area contributed by atoms with Crippen molar-refractivity contribution in [2.45, 2.75) is 6.92 Å². The van der Waals surface area contributed by atoms with Gasteiger partial charge in [0.25, 0.3) is 5.91 Å². The molecule has 0 aliphatic rings. The van der Waals surface area contributed by atoms with Crippen molar-refractivity contribution in [1.29, 1.82) is 0 Å². The van der Waals surface area contributed by atoms with Crippen molar-refractivity contribution in [3.05, 3.63) is 40.4 Å². The van der Waals surface area contributed by atoms with E-state index in [1.165, 1.54) is 12.4 Å². The molecule has 7 nitrogen and oxygen atoms in total. The summed E-state index contributed by atoms with van der Waals surface area (Å²) in [7, 11) is 0. The average Bonchev–Trinajstić information content (AvgIpc) is 2.42. The van der Waals surface area contributed by atoms with E-state index in [1.807, 2.05) is 13.0 Å². The van der Waals surface area contributed by atoms with Gasteiger partial charge in [0.1, 0.15) is 11.5 Å². The van der Waals surface area contributed by atoms with E-state index in [0.29, 0.717) is 11.6 Å². The number of aryl methyl sites for hydroxylation is 1. The molecule has 19 heavy (non-hydrogen) atoms. The van der Waals surface area contributed by atoms with Gasteiger partial charge in [-0.1, -0.05) is 0 Å². The summed E-state index contributed by atoms with van der Waals surface area (Å²) in [5.74, 6) is 5.65.